The number of hydrogen-bond donors (Lipinski definition) is 4. The van der Waals surface area contributed by atoms with Crippen molar-refractivity contribution in [2.24, 2.45) is 0 Å². The molecule has 4 rings (SSSR count). The SMILES string of the molecule is COc1cc(S(C)(=O)=O)ccc1NCC(=O)NNC(=O)c1cc2c(N[C@H]3CCN(C)C[C@@H]3F)cccc2n1CC(F)(F)F. The van der Waals surface area contributed by atoms with E-state index in [9.17, 15) is 35.6 Å². The summed E-state index contributed by atoms with van der Waals surface area (Å²) < 4.78 is 84.8. The lowest BCUT2D eigenvalue weighted by molar-refractivity contribution is -0.140. The number of sulfone groups is 1. The molecule has 43 heavy (non-hydrogen) atoms. The highest BCUT2D eigenvalue weighted by Crippen LogP contribution is 2.32. The Balaban J connectivity index is 1.49. The zero-order chi connectivity index (χ0) is 31.5. The molecule has 3 aromatic rings. The number of alkyl halides is 4. The quantitative estimate of drug-likeness (QED) is 0.210. The van der Waals surface area contributed by atoms with Gasteiger partial charge in [0.05, 0.1) is 35.8 Å². The average Bonchev–Trinajstić information content (AvgIpc) is 3.29. The number of hydrogen-bond acceptors (Lipinski definition) is 8. The summed E-state index contributed by atoms with van der Waals surface area (Å²) in [6.45, 7) is -1.01. The van der Waals surface area contributed by atoms with E-state index in [0.29, 0.717) is 29.7 Å². The Morgan fingerprint density at radius 2 is 1.84 bits per heavy atom. The van der Waals surface area contributed by atoms with Crippen LogP contribution in [-0.2, 0) is 21.2 Å². The lowest BCUT2D eigenvalue weighted by atomic mass is 10.0. The first-order chi connectivity index (χ1) is 20.2. The van der Waals surface area contributed by atoms with Gasteiger partial charge in [-0.05, 0) is 43.8 Å². The van der Waals surface area contributed by atoms with Crippen molar-refractivity contribution in [1.29, 1.82) is 0 Å². The fourth-order valence-electron chi connectivity index (χ4n) is 4.83. The molecule has 2 aromatic carbocycles. The zero-order valence-corrected chi connectivity index (χ0v) is 24.4. The first kappa shape index (κ1) is 31.9. The first-order valence-corrected chi connectivity index (χ1v) is 15.0. The Hall–Kier alpha value is -4.05. The Bertz CT molecular complexity index is 1610. The maximum Gasteiger partial charge on any atom is 0.406 e. The van der Waals surface area contributed by atoms with Crippen molar-refractivity contribution in [3.05, 3.63) is 48.2 Å². The van der Waals surface area contributed by atoms with Crippen LogP contribution in [0.3, 0.4) is 0 Å². The van der Waals surface area contributed by atoms with Gasteiger partial charge in [-0.2, -0.15) is 13.2 Å². The van der Waals surface area contributed by atoms with E-state index in [1.165, 1.54) is 43.5 Å². The fraction of sp³-hybridized carbons (Fsp3) is 0.407. The van der Waals surface area contributed by atoms with Crippen LogP contribution in [0.25, 0.3) is 10.9 Å². The number of piperidine rings is 1. The van der Waals surface area contributed by atoms with Gasteiger partial charge in [-0.3, -0.25) is 20.4 Å². The molecule has 1 aliphatic heterocycles. The molecule has 4 N–H and O–H groups in total. The van der Waals surface area contributed by atoms with Crippen LogP contribution >= 0.6 is 0 Å². The maximum atomic E-state index is 14.7. The topological polar surface area (TPSA) is 134 Å². The van der Waals surface area contributed by atoms with Crippen molar-refractivity contribution in [3.8, 4) is 5.75 Å². The van der Waals surface area contributed by atoms with Crippen LogP contribution in [0, 0.1) is 0 Å². The minimum absolute atomic E-state index is 0.00933. The lowest BCUT2D eigenvalue weighted by Crippen LogP contribution is -2.46. The average molecular weight is 629 g/mol. The Labute approximate surface area is 245 Å². The van der Waals surface area contributed by atoms with Gasteiger partial charge in [-0.1, -0.05) is 6.07 Å². The van der Waals surface area contributed by atoms with Crippen LogP contribution in [0.15, 0.2) is 47.4 Å². The van der Waals surface area contributed by atoms with Gasteiger partial charge in [-0.25, -0.2) is 12.8 Å². The number of benzene rings is 2. The molecule has 1 aromatic heterocycles. The molecule has 11 nitrogen and oxygen atoms in total. The molecule has 0 unspecified atom stereocenters. The number of nitrogens with zero attached hydrogens (tertiary/aromatic N) is 2. The van der Waals surface area contributed by atoms with Crippen LogP contribution in [0.1, 0.15) is 16.9 Å². The van der Waals surface area contributed by atoms with E-state index in [1.807, 2.05) is 4.90 Å². The molecule has 0 saturated carbocycles. The largest absolute Gasteiger partial charge is 0.495 e. The number of carbonyl (C=O) groups excluding carboxylic acids is 2. The van der Waals surface area contributed by atoms with Crippen molar-refractivity contribution in [2.75, 3.05) is 50.7 Å². The van der Waals surface area contributed by atoms with Crippen LogP contribution in [0.2, 0.25) is 0 Å². The van der Waals surface area contributed by atoms with Crippen LogP contribution < -0.4 is 26.2 Å². The summed E-state index contributed by atoms with van der Waals surface area (Å²) in [5.41, 5.74) is 4.69. The van der Waals surface area contributed by atoms with E-state index in [1.54, 1.807) is 13.1 Å². The Morgan fingerprint density at radius 1 is 1.09 bits per heavy atom. The molecule has 234 valence electrons. The number of rotatable bonds is 9. The van der Waals surface area contributed by atoms with E-state index in [0.717, 1.165) is 10.8 Å². The molecule has 16 heteroatoms. The molecule has 2 atom stereocenters. The third-order valence-electron chi connectivity index (χ3n) is 6.96. The molecule has 2 amide bonds. The molecule has 0 radical (unpaired) electrons. The van der Waals surface area contributed by atoms with Gasteiger partial charge in [0.2, 0.25) is 0 Å². The number of aromatic nitrogens is 1. The smallest absolute Gasteiger partial charge is 0.406 e. The van der Waals surface area contributed by atoms with Crippen LogP contribution in [0.4, 0.5) is 28.9 Å². The summed E-state index contributed by atoms with van der Waals surface area (Å²) in [5.74, 6) is -1.60. The second kappa shape index (κ2) is 12.7. The lowest BCUT2D eigenvalue weighted by Gasteiger charge is -2.33. The van der Waals surface area contributed by atoms with Crippen molar-refractivity contribution in [2.45, 2.75) is 36.3 Å². The Kier molecular flexibility index (Phi) is 9.39. The third kappa shape index (κ3) is 7.87. The minimum Gasteiger partial charge on any atom is -0.495 e. The number of likely N-dealkylation sites (tertiary alicyclic amines) is 1. The van der Waals surface area contributed by atoms with Crippen molar-refractivity contribution >= 4 is 43.9 Å². The minimum atomic E-state index is -4.67. The summed E-state index contributed by atoms with van der Waals surface area (Å²) in [6.07, 6.45) is -4.35. The number of carbonyl (C=O) groups is 2. The second-order valence-corrected chi connectivity index (χ2v) is 12.3. The number of amides is 2. The highest BCUT2D eigenvalue weighted by molar-refractivity contribution is 7.90. The number of ether oxygens (including phenoxy) is 1. The summed E-state index contributed by atoms with van der Waals surface area (Å²) in [6, 6.07) is 9.26. The number of fused-ring (bicyclic) bond motifs is 1. The molecule has 1 fully saturated rings. The van der Waals surface area contributed by atoms with Gasteiger partial charge >= 0.3 is 6.18 Å². The van der Waals surface area contributed by atoms with Crippen molar-refractivity contribution in [3.63, 3.8) is 0 Å². The van der Waals surface area contributed by atoms with Crippen LogP contribution in [-0.4, -0.2) is 88.1 Å². The summed E-state index contributed by atoms with van der Waals surface area (Å²) in [4.78, 5) is 27.3. The highest BCUT2D eigenvalue weighted by atomic mass is 32.2. The maximum absolute atomic E-state index is 14.7. The molecule has 2 heterocycles. The van der Waals surface area contributed by atoms with E-state index < -0.39 is 53.1 Å². The summed E-state index contributed by atoms with van der Waals surface area (Å²) >= 11 is 0. The van der Waals surface area contributed by atoms with Gasteiger partial charge in [0.25, 0.3) is 11.8 Å². The first-order valence-electron chi connectivity index (χ1n) is 13.2. The van der Waals surface area contributed by atoms with Gasteiger partial charge in [0.15, 0.2) is 9.84 Å². The van der Waals surface area contributed by atoms with Gasteiger partial charge in [0.1, 0.15) is 24.2 Å². The Morgan fingerprint density at radius 3 is 2.49 bits per heavy atom. The molecule has 0 aliphatic carbocycles. The van der Waals surface area contributed by atoms with Crippen molar-refractivity contribution in [1.82, 2.24) is 20.3 Å². The van der Waals surface area contributed by atoms with Crippen LogP contribution in [0.5, 0.6) is 5.75 Å². The monoisotopic (exact) mass is 628 g/mol. The number of methoxy groups -OCH3 is 1. The normalized spacial score (nSPS) is 17.8. The van der Waals surface area contributed by atoms with Crippen molar-refractivity contribution < 1.29 is 40.3 Å². The molecule has 1 aliphatic rings. The number of hydrazine groups is 1. The predicted octanol–water partition coefficient (Wildman–Crippen LogP) is 2.94. The standard InChI is InChI=1S/C27H32F4N6O5S/c1-36-10-9-20(18(28)14-36)33-19-5-4-6-22-17(19)12-23(37(22)15-27(29,30)31)26(39)35-34-25(38)13-32-21-8-7-16(43(3,40)41)11-24(21)42-2/h4-8,11-12,18,20,32-33H,9-10,13-15H2,1-3H3,(H,34,38)(H,35,39)/t18-,20-/m0/s1. The molecular formula is C27H32F4N6O5S. The van der Waals surface area contributed by atoms with Gasteiger partial charge < -0.3 is 24.8 Å². The molecule has 0 bridgehead atoms. The van der Waals surface area contributed by atoms with E-state index in [4.69, 9.17) is 4.74 Å². The molecule has 0 spiro atoms. The summed E-state index contributed by atoms with van der Waals surface area (Å²) in [5, 5.41) is 6.13. The van der Waals surface area contributed by atoms with Gasteiger partial charge in [0, 0.05) is 36.5 Å². The fourth-order valence-corrected chi connectivity index (χ4v) is 5.46. The highest BCUT2D eigenvalue weighted by Gasteiger charge is 2.32. The predicted molar refractivity (Wildman–Crippen MR) is 153 cm³/mol. The third-order valence-corrected chi connectivity index (χ3v) is 8.07. The van der Waals surface area contributed by atoms with Gasteiger partial charge in [-0.15, -0.1) is 0 Å². The number of anilines is 2. The van der Waals surface area contributed by atoms with E-state index in [-0.39, 0.29) is 28.4 Å². The molecular weight excluding hydrogens is 596 g/mol. The summed E-state index contributed by atoms with van der Waals surface area (Å²) in [7, 11) is -0.379. The second-order valence-electron chi connectivity index (χ2n) is 10.3. The molecule has 1 saturated heterocycles. The zero-order valence-electron chi connectivity index (χ0n) is 23.6. The number of halogens is 4. The van der Waals surface area contributed by atoms with E-state index in [2.05, 4.69) is 21.5 Å². The van der Waals surface area contributed by atoms with E-state index >= 15 is 0 Å². The number of nitrogens with one attached hydrogen (secondary N) is 4.